The fraction of sp³-hybridized carbons (Fsp3) is 0.964. The molecule has 1 amide bonds. The number of nitrogens with two attached hydrogens (primary N) is 5. The Labute approximate surface area is 254 Å². The van der Waals surface area contributed by atoms with E-state index in [4.69, 9.17) is 47.6 Å². The maximum absolute atomic E-state index is 13.0. The van der Waals surface area contributed by atoms with Crippen molar-refractivity contribution in [3.05, 3.63) is 0 Å². The first kappa shape index (κ1) is 36.4. The summed E-state index contributed by atoms with van der Waals surface area (Å²) in [7, 11) is 0. The highest BCUT2D eigenvalue weighted by Gasteiger charge is 2.52. The van der Waals surface area contributed by atoms with Gasteiger partial charge in [-0.3, -0.25) is 4.79 Å². The summed E-state index contributed by atoms with van der Waals surface area (Å²) in [6, 6.07) is -2.69. The molecule has 15 N–H and O–H groups in total. The largest absolute Gasteiger partial charge is 0.390 e. The van der Waals surface area contributed by atoms with Crippen LogP contribution in [0.2, 0.25) is 0 Å². The normalized spacial score (nSPS) is 44.7. The Kier molecular flexibility index (Phi) is 11.6. The zero-order valence-electron chi connectivity index (χ0n) is 26.3. The van der Waals surface area contributed by atoms with Crippen LogP contribution in [0.4, 0.5) is 0 Å². The summed E-state index contributed by atoms with van der Waals surface area (Å²) in [5.41, 5.74) is 29.0. The van der Waals surface area contributed by atoms with Crippen molar-refractivity contribution in [1.29, 1.82) is 0 Å². The zero-order valence-corrected chi connectivity index (χ0v) is 26.3. The molecule has 15 nitrogen and oxygen atoms in total. The molecule has 2 heterocycles. The first-order valence-electron chi connectivity index (χ1n) is 15.1. The summed E-state index contributed by atoms with van der Waals surface area (Å²) < 4.78 is 23.8. The fourth-order valence-electron chi connectivity index (χ4n) is 6.50. The van der Waals surface area contributed by atoms with Crippen LogP contribution in [-0.2, 0) is 23.7 Å². The number of carbonyl (C=O) groups is 1. The molecule has 1 aliphatic carbocycles. The van der Waals surface area contributed by atoms with Crippen molar-refractivity contribution in [2.45, 2.75) is 146 Å². The number of ether oxygens (including phenoxy) is 4. The van der Waals surface area contributed by atoms with Crippen LogP contribution < -0.4 is 34.0 Å². The van der Waals surface area contributed by atoms with Crippen LogP contribution in [-0.4, -0.2) is 124 Å². The summed E-state index contributed by atoms with van der Waals surface area (Å²) in [6.45, 7) is 11.4. The van der Waals surface area contributed by atoms with Gasteiger partial charge in [-0.05, 0) is 31.6 Å². The Morgan fingerprint density at radius 2 is 1.51 bits per heavy atom. The number of aliphatic hydroxyl groups is 4. The van der Waals surface area contributed by atoms with Gasteiger partial charge < -0.3 is 73.4 Å². The third-order valence-corrected chi connectivity index (χ3v) is 8.59. The lowest BCUT2D eigenvalue weighted by atomic mass is 9.75. The van der Waals surface area contributed by atoms with E-state index in [2.05, 4.69) is 5.32 Å². The predicted molar refractivity (Wildman–Crippen MR) is 157 cm³/mol. The van der Waals surface area contributed by atoms with E-state index in [-0.39, 0.29) is 37.3 Å². The van der Waals surface area contributed by atoms with Crippen LogP contribution in [0.1, 0.15) is 60.8 Å². The zero-order chi connectivity index (χ0) is 32.7. The van der Waals surface area contributed by atoms with Crippen LogP contribution >= 0.6 is 0 Å². The lowest BCUT2D eigenvalue weighted by molar-refractivity contribution is -0.316. The van der Waals surface area contributed by atoms with Gasteiger partial charge in [0, 0.05) is 30.6 Å². The number of carbonyl (C=O) groups excluding carboxylic acids is 1. The maximum atomic E-state index is 13.0. The molecule has 43 heavy (non-hydrogen) atoms. The molecule has 2 saturated heterocycles. The SMILES string of the molecule is CC(C)(C)CC(C)(C)C(=O)NCC1OC(OC2C(N)CC(N)C(OC3OC(CN)C(O)CC3(C)N)C2O)C(O)C(N)C1O. The van der Waals surface area contributed by atoms with E-state index in [1.54, 1.807) is 6.92 Å². The monoisotopic (exact) mass is 620 g/mol. The van der Waals surface area contributed by atoms with Gasteiger partial charge in [0.05, 0.1) is 29.9 Å². The lowest BCUT2D eigenvalue weighted by Gasteiger charge is -2.49. The van der Waals surface area contributed by atoms with Gasteiger partial charge in [-0.25, -0.2) is 0 Å². The molecule has 14 unspecified atom stereocenters. The molecule has 0 aromatic carbocycles. The standard InChI is InChI=1S/C28H56N6O9/c1-26(2,3)11-27(4,5)24(39)34-10-16-18(36)17(32)19(37)23(40-16)42-21-12(30)7-13(31)22(20(21)38)43-25-28(6,33)8-14(35)15(9-29)41-25/h12-23,25,35-38H,7-11,29-33H2,1-6H3,(H,34,39). The highest BCUT2D eigenvalue weighted by molar-refractivity contribution is 5.81. The number of rotatable bonds is 9. The van der Waals surface area contributed by atoms with Crippen molar-refractivity contribution in [3.8, 4) is 0 Å². The second-order valence-electron chi connectivity index (χ2n) is 14.7. The quantitative estimate of drug-likeness (QED) is 0.121. The second kappa shape index (κ2) is 13.7. The van der Waals surface area contributed by atoms with Crippen LogP contribution in [0.25, 0.3) is 0 Å². The number of amides is 1. The molecule has 0 spiro atoms. The smallest absolute Gasteiger partial charge is 0.225 e. The van der Waals surface area contributed by atoms with Crippen molar-refractivity contribution in [2.75, 3.05) is 13.1 Å². The Balaban J connectivity index is 1.70. The predicted octanol–water partition coefficient (Wildman–Crippen LogP) is -3.32. The summed E-state index contributed by atoms with van der Waals surface area (Å²) in [5.74, 6) is -0.227. The highest BCUT2D eigenvalue weighted by atomic mass is 16.7. The first-order valence-corrected chi connectivity index (χ1v) is 15.1. The molecule has 1 saturated carbocycles. The van der Waals surface area contributed by atoms with Crippen molar-refractivity contribution < 1.29 is 44.2 Å². The van der Waals surface area contributed by atoms with E-state index >= 15 is 0 Å². The molecular formula is C28H56N6O9. The molecule has 252 valence electrons. The lowest BCUT2D eigenvalue weighted by Crippen LogP contribution is -2.69. The Morgan fingerprint density at radius 1 is 0.930 bits per heavy atom. The topological polar surface area (TPSA) is 277 Å². The van der Waals surface area contributed by atoms with Gasteiger partial charge in [0.25, 0.3) is 0 Å². The van der Waals surface area contributed by atoms with E-state index in [1.807, 2.05) is 34.6 Å². The number of aliphatic hydroxyl groups excluding tert-OH is 4. The van der Waals surface area contributed by atoms with E-state index < -0.39 is 90.5 Å². The van der Waals surface area contributed by atoms with Crippen molar-refractivity contribution >= 4 is 5.91 Å². The summed E-state index contributed by atoms with van der Waals surface area (Å²) in [6.07, 6.45) is -10.5. The van der Waals surface area contributed by atoms with Crippen LogP contribution in [0, 0.1) is 10.8 Å². The molecule has 3 fully saturated rings. The average Bonchev–Trinajstić information content (AvgIpc) is 2.87. The van der Waals surface area contributed by atoms with Gasteiger partial charge in [0.15, 0.2) is 12.6 Å². The minimum atomic E-state index is -1.48. The molecule has 14 atom stereocenters. The first-order chi connectivity index (χ1) is 19.7. The van der Waals surface area contributed by atoms with E-state index in [0.717, 1.165) is 0 Å². The summed E-state index contributed by atoms with van der Waals surface area (Å²) in [5, 5.41) is 46.0. The molecule has 3 aliphatic rings. The van der Waals surface area contributed by atoms with Crippen LogP contribution in [0.15, 0.2) is 0 Å². The fourth-order valence-corrected chi connectivity index (χ4v) is 6.50. The molecule has 0 bridgehead atoms. The van der Waals surface area contributed by atoms with Gasteiger partial charge in [-0.2, -0.15) is 0 Å². The van der Waals surface area contributed by atoms with E-state index in [0.29, 0.717) is 6.42 Å². The van der Waals surface area contributed by atoms with Gasteiger partial charge in [0.1, 0.15) is 30.5 Å². The minimum Gasteiger partial charge on any atom is -0.390 e. The van der Waals surface area contributed by atoms with Crippen molar-refractivity contribution in [1.82, 2.24) is 5.32 Å². The summed E-state index contributed by atoms with van der Waals surface area (Å²) in [4.78, 5) is 13.0. The van der Waals surface area contributed by atoms with Crippen LogP contribution in [0.5, 0.6) is 0 Å². The van der Waals surface area contributed by atoms with Crippen LogP contribution in [0.3, 0.4) is 0 Å². The van der Waals surface area contributed by atoms with Gasteiger partial charge in [-0.1, -0.05) is 34.6 Å². The van der Waals surface area contributed by atoms with E-state index in [1.165, 1.54) is 0 Å². The van der Waals surface area contributed by atoms with Gasteiger partial charge >= 0.3 is 0 Å². The third kappa shape index (κ3) is 8.61. The number of nitrogens with one attached hydrogen (secondary N) is 1. The number of hydrogen-bond donors (Lipinski definition) is 10. The van der Waals surface area contributed by atoms with Crippen molar-refractivity contribution in [3.63, 3.8) is 0 Å². The average molecular weight is 621 g/mol. The molecule has 0 aromatic rings. The summed E-state index contributed by atoms with van der Waals surface area (Å²) >= 11 is 0. The molecule has 15 heteroatoms. The molecular weight excluding hydrogens is 564 g/mol. The second-order valence-corrected chi connectivity index (χ2v) is 14.7. The molecule has 0 radical (unpaired) electrons. The maximum Gasteiger partial charge on any atom is 0.225 e. The Bertz CT molecular complexity index is 937. The van der Waals surface area contributed by atoms with E-state index in [9.17, 15) is 25.2 Å². The molecule has 2 aliphatic heterocycles. The van der Waals surface area contributed by atoms with Crippen molar-refractivity contribution in [2.24, 2.45) is 39.5 Å². The van der Waals surface area contributed by atoms with Gasteiger partial charge in [-0.15, -0.1) is 0 Å². The minimum absolute atomic E-state index is 0.0334. The Morgan fingerprint density at radius 3 is 2.07 bits per heavy atom. The molecule has 0 aromatic heterocycles. The number of hydrogen-bond acceptors (Lipinski definition) is 14. The Hall–Kier alpha value is -1.05. The molecule has 3 rings (SSSR count). The van der Waals surface area contributed by atoms with Gasteiger partial charge in [0.2, 0.25) is 5.91 Å². The highest BCUT2D eigenvalue weighted by Crippen LogP contribution is 2.35. The third-order valence-electron chi connectivity index (χ3n) is 8.59.